The molecule has 61 heavy (non-hydrogen) atoms. The van der Waals surface area contributed by atoms with Crippen molar-refractivity contribution in [2.24, 2.45) is 5.92 Å². The Balaban J connectivity index is 0.775. The molecule has 0 bridgehead atoms. The number of fused-ring (bicyclic) bond motifs is 2. The summed E-state index contributed by atoms with van der Waals surface area (Å²) in [6.07, 6.45) is 4.44. The Hall–Kier alpha value is -5.62. The van der Waals surface area contributed by atoms with Gasteiger partial charge in [0.2, 0.25) is 5.95 Å². The predicted molar refractivity (Wildman–Crippen MR) is 230 cm³/mol. The molecular formula is C44H51N9O7S. The summed E-state index contributed by atoms with van der Waals surface area (Å²) in [5.74, 6) is 2.18. The van der Waals surface area contributed by atoms with Crippen LogP contribution < -0.4 is 15.4 Å². The SMILES string of the molecule is CC(C)c1cc(C(=O)N2Cc3ccc(OCC4CCN(C(=O)[C@@H]5CN(Cc6cc7nc(-c8cnc(N)nc8)nc(N8CCOCC8)c7s6)CCO5)CC4)cc3C2)c(O)cc1O. The van der Waals surface area contributed by atoms with Crippen LogP contribution in [0.5, 0.6) is 17.2 Å². The average molecular weight is 850 g/mol. The molecule has 320 valence electrons. The lowest BCUT2D eigenvalue weighted by Gasteiger charge is -2.37. The molecule has 1 atom stereocenters. The first-order chi connectivity index (χ1) is 29.6. The summed E-state index contributed by atoms with van der Waals surface area (Å²) in [6.45, 7) is 11.7. The summed E-state index contributed by atoms with van der Waals surface area (Å²) in [6, 6.07) is 10.9. The van der Waals surface area contributed by atoms with Crippen molar-refractivity contribution in [1.82, 2.24) is 34.6 Å². The highest BCUT2D eigenvalue weighted by molar-refractivity contribution is 7.19. The first kappa shape index (κ1) is 40.8. The predicted octanol–water partition coefficient (Wildman–Crippen LogP) is 4.78. The highest BCUT2D eigenvalue weighted by Gasteiger charge is 2.34. The molecule has 9 rings (SSSR count). The number of phenols is 2. The molecule has 0 radical (unpaired) electrons. The van der Waals surface area contributed by atoms with Crippen molar-refractivity contribution < 1.29 is 34.0 Å². The lowest BCUT2D eigenvalue weighted by molar-refractivity contribution is -0.151. The number of piperidine rings is 1. The molecule has 3 fully saturated rings. The Morgan fingerprint density at radius 3 is 2.46 bits per heavy atom. The van der Waals surface area contributed by atoms with Crippen LogP contribution in [0.25, 0.3) is 21.6 Å². The van der Waals surface area contributed by atoms with Crippen molar-refractivity contribution in [2.45, 2.75) is 58.3 Å². The van der Waals surface area contributed by atoms with Crippen LogP contribution in [0.2, 0.25) is 0 Å². The van der Waals surface area contributed by atoms with Gasteiger partial charge in [-0.1, -0.05) is 19.9 Å². The molecule has 0 saturated carbocycles. The van der Waals surface area contributed by atoms with E-state index >= 15 is 0 Å². The zero-order valence-corrected chi connectivity index (χ0v) is 35.3. The number of carbonyl (C=O) groups excluding carboxylic acids is 2. The zero-order valence-electron chi connectivity index (χ0n) is 34.5. The maximum Gasteiger partial charge on any atom is 0.258 e. The molecule has 16 nitrogen and oxygen atoms in total. The fraction of sp³-hybridized carbons (Fsp3) is 0.455. The number of nitrogens with zero attached hydrogens (tertiary/aromatic N) is 8. The van der Waals surface area contributed by atoms with Crippen LogP contribution in [0, 0.1) is 5.92 Å². The summed E-state index contributed by atoms with van der Waals surface area (Å²) < 4.78 is 19.0. The zero-order chi connectivity index (χ0) is 42.2. The summed E-state index contributed by atoms with van der Waals surface area (Å²) in [5.41, 5.74) is 10.2. The summed E-state index contributed by atoms with van der Waals surface area (Å²) >= 11 is 1.69. The number of nitrogen functional groups attached to an aromatic ring is 1. The van der Waals surface area contributed by atoms with Crippen molar-refractivity contribution in [3.8, 4) is 28.6 Å². The van der Waals surface area contributed by atoms with E-state index < -0.39 is 6.10 Å². The molecular weight excluding hydrogens is 799 g/mol. The van der Waals surface area contributed by atoms with Crippen LogP contribution in [-0.4, -0.2) is 128 Å². The second-order valence-electron chi connectivity index (χ2n) is 16.6. The average Bonchev–Trinajstić information content (AvgIpc) is 3.89. The Kier molecular flexibility index (Phi) is 11.6. The van der Waals surface area contributed by atoms with E-state index in [0.717, 1.165) is 70.3 Å². The lowest BCUT2D eigenvalue weighted by Crippen LogP contribution is -2.52. The molecule has 4 aliphatic rings. The number of phenolic OH excluding ortho intramolecular Hbond substituents is 2. The second kappa shape index (κ2) is 17.4. The second-order valence-corrected chi connectivity index (χ2v) is 17.7. The van der Waals surface area contributed by atoms with Gasteiger partial charge in [0.15, 0.2) is 11.6 Å². The molecule has 7 heterocycles. The number of aromatic hydroxyl groups is 2. The smallest absolute Gasteiger partial charge is 0.258 e. The van der Waals surface area contributed by atoms with Gasteiger partial charge in [-0.25, -0.2) is 19.9 Å². The van der Waals surface area contributed by atoms with Gasteiger partial charge in [-0.3, -0.25) is 14.5 Å². The number of anilines is 2. The van der Waals surface area contributed by atoms with Gasteiger partial charge in [0.25, 0.3) is 11.8 Å². The molecule has 2 aromatic carbocycles. The summed E-state index contributed by atoms with van der Waals surface area (Å²) in [7, 11) is 0. The number of amides is 2. The standard InChI is InChI=1S/C44H51N9O7S/c1-26(2)33-17-34(37(55)18-36(33)54)42(56)53-21-28-3-4-31(15-29(28)22-53)60-25-27-5-7-52(8-6-27)43(57)38-24-50(9-14-59-38)23-32-16-35-39(61-32)41(51-10-12-58-13-11-51)49-40(48-35)30-19-46-44(45)47-20-30/h3-4,15-20,26-27,38,54-55H,5-14,21-25H2,1-2H3,(H2,45,46,47)/t38-/m0/s1. The van der Waals surface area contributed by atoms with E-state index in [1.807, 2.05) is 36.9 Å². The first-order valence-corrected chi connectivity index (χ1v) is 21.8. The minimum Gasteiger partial charge on any atom is -0.508 e. The van der Waals surface area contributed by atoms with E-state index in [9.17, 15) is 19.8 Å². The molecule has 0 aliphatic carbocycles. The number of thiophene rings is 1. The van der Waals surface area contributed by atoms with Gasteiger partial charge < -0.3 is 44.9 Å². The molecule has 0 unspecified atom stereocenters. The van der Waals surface area contributed by atoms with Crippen LogP contribution in [0.3, 0.4) is 0 Å². The van der Waals surface area contributed by atoms with E-state index in [1.54, 1.807) is 34.7 Å². The van der Waals surface area contributed by atoms with Gasteiger partial charge in [0.05, 0.1) is 47.8 Å². The van der Waals surface area contributed by atoms with Crippen molar-refractivity contribution >= 4 is 45.1 Å². The fourth-order valence-electron chi connectivity index (χ4n) is 8.57. The molecule has 0 spiro atoms. The van der Waals surface area contributed by atoms with Crippen LogP contribution in [-0.2, 0) is 33.9 Å². The van der Waals surface area contributed by atoms with Crippen LogP contribution >= 0.6 is 11.3 Å². The molecule has 3 aromatic heterocycles. The topological polar surface area (TPSA) is 193 Å². The molecule has 17 heteroatoms. The molecule has 5 aromatic rings. The minimum atomic E-state index is -0.523. The largest absolute Gasteiger partial charge is 0.508 e. The number of hydrogen-bond acceptors (Lipinski definition) is 15. The van der Waals surface area contributed by atoms with Crippen molar-refractivity contribution in [2.75, 3.05) is 76.3 Å². The van der Waals surface area contributed by atoms with E-state index in [1.165, 1.54) is 6.07 Å². The number of benzene rings is 2. The Morgan fingerprint density at radius 1 is 0.918 bits per heavy atom. The highest BCUT2D eigenvalue weighted by Crippen LogP contribution is 2.37. The normalized spacial score (nSPS) is 18.9. The first-order valence-electron chi connectivity index (χ1n) is 21.0. The highest BCUT2D eigenvalue weighted by atomic mass is 32.1. The summed E-state index contributed by atoms with van der Waals surface area (Å²) in [4.78, 5) is 54.7. The number of morpholine rings is 2. The number of rotatable bonds is 10. The van der Waals surface area contributed by atoms with Crippen molar-refractivity contribution in [3.63, 3.8) is 0 Å². The van der Waals surface area contributed by atoms with Crippen LogP contribution in [0.1, 0.15) is 64.5 Å². The lowest BCUT2D eigenvalue weighted by atomic mass is 9.97. The number of aromatic nitrogens is 4. The Morgan fingerprint density at radius 2 is 1.69 bits per heavy atom. The maximum atomic E-state index is 13.8. The van der Waals surface area contributed by atoms with Gasteiger partial charge in [-0.05, 0) is 65.6 Å². The van der Waals surface area contributed by atoms with Gasteiger partial charge in [-0.2, -0.15) is 0 Å². The Bertz CT molecular complexity index is 2410. The molecule has 4 aliphatic heterocycles. The van der Waals surface area contributed by atoms with Gasteiger partial charge in [-0.15, -0.1) is 11.3 Å². The molecule has 2 amide bonds. The van der Waals surface area contributed by atoms with Gasteiger partial charge in [0, 0.05) is 82.2 Å². The third-order valence-electron chi connectivity index (χ3n) is 12.0. The summed E-state index contributed by atoms with van der Waals surface area (Å²) in [5, 5.41) is 20.7. The maximum absolute atomic E-state index is 13.8. The number of likely N-dealkylation sites (tertiary alicyclic amines) is 1. The van der Waals surface area contributed by atoms with E-state index in [-0.39, 0.29) is 40.7 Å². The molecule has 3 saturated heterocycles. The van der Waals surface area contributed by atoms with Crippen molar-refractivity contribution in [3.05, 3.63) is 75.9 Å². The fourth-order valence-corrected chi connectivity index (χ4v) is 9.73. The van der Waals surface area contributed by atoms with E-state index in [0.29, 0.717) is 88.6 Å². The minimum absolute atomic E-state index is 0.00123. The Labute approximate surface area is 357 Å². The number of hydrogen-bond donors (Lipinski definition) is 3. The number of nitrogens with two attached hydrogens (primary N) is 1. The third kappa shape index (κ3) is 8.78. The van der Waals surface area contributed by atoms with Crippen LogP contribution in [0.4, 0.5) is 11.8 Å². The quantitative estimate of drug-likeness (QED) is 0.174. The van der Waals surface area contributed by atoms with E-state index in [2.05, 4.69) is 25.8 Å². The molecule has 4 N–H and O–H groups in total. The van der Waals surface area contributed by atoms with Crippen LogP contribution in [0.15, 0.2) is 48.8 Å². The number of ether oxygens (including phenoxy) is 3. The number of carbonyl (C=O) groups is 2. The van der Waals surface area contributed by atoms with E-state index in [4.69, 9.17) is 29.9 Å². The van der Waals surface area contributed by atoms with Gasteiger partial charge >= 0.3 is 0 Å². The van der Waals surface area contributed by atoms with Crippen molar-refractivity contribution in [1.29, 1.82) is 0 Å². The van der Waals surface area contributed by atoms with Gasteiger partial charge in [0.1, 0.15) is 23.4 Å². The monoisotopic (exact) mass is 849 g/mol. The third-order valence-corrected chi connectivity index (χ3v) is 13.2.